The van der Waals surface area contributed by atoms with Gasteiger partial charge in [-0.1, -0.05) is 42.4 Å². The fourth-order valence-corrected chi connectivity index (χ4v) is 2.39. The zero-order chi connectivity index (χ0) is 13.5. The van der Waals surface area contributed by atoms with Crippen molar-refractivity contribution in [2.45, 2.75) is 53.4 Å². The highest BCUT2D eigenvalue weighted by Crippen LogP contribution is 2.22. The number of allylic oxidation sites excluding steroid dienone is 6. The van der Waals surface area contributed by atoms with Crippen molar-refractivity contribution in [3.8, 4) is 0 Å². The molecule has 0 aromatic rings. The summed E-state index contributed by atoms with van der Waals surface area (Å²) in [5.74, 6) is 1.03. The summed E-state index contributed by atoms with van der Waals surface area (Å²) in [4.78, 5) is 11.7. The van der Waals surface area contributed by atoms with Crippen LogP contribution in [0, 0.1) is 11.8 Å². The van der Waals surface area contributed by atoms with Crippen LogP contribution in [0.2, 0.25) is 0 Å². The van der Waals surface area contributed by atoms with Gasteiger partial charge in [0.1, 0.15) is 5.78 Å². The van der Waals surface area contributed by atoms with Crippen LogP contribution in [0.15, 0.2) is 35.5 Å². The second-order valence-corrected chi connectivity index (χ2v) is 5.48. The van der Waals surface area contributed by atoms with Crippen LogP contribution < -0.4 is 0 Å². The number of carbonyl (C=O) groups excluding carboxylic acids is 1. The number of ketones is 1. The molecule has 2 unspecified atom stereocenters. The molecule has 1 aliphatic rings. The van der Waals surface area contributed by atoms with Gasteiger partial charge in [-0.2, -0.15) is 0 Å². The number of hydrogen-bond acceptors (Lipinski definition) is 1. The molecule has 1 aliphatic carbocycles. The first-order valence-corrected chi connectivity index (χ1v) is 7.01. The van der Waals surface area contributed by atoms with E-state index in [1.807, 2.05) is 0 Å². The highest BCUT2D eigenvalue weighted by Gasteiger charge is 2.15. The number of Topliss-reactive ketones (excluding diaryl/α,β-unsaturated/α-hetero) is 1. The molecule has 0 saturated heterocycles. The predicted molar refractivity (Wildman–Crippen MR) is 78.5 cm³/mol. The van der Waals surface area contributed by atoms with E-state index < -0.39 is 0 Å². The molecule has 2 atom stereocenters. The van der Waals surface area contributed by atoms with Gasteiger partial charge in [0.05, 0.1) is 0 Å². The lowest BCUT2D eigenvalue weighted by Crippen LogP contribution is -2.12. The third-order valence-corrected chi connectivity index (χ3v) is 3.98. The molecule has 0 aromatic carbocycles. The minimum absolute atomic E-state index is 0.111. The number of rotatable bonds is 1. The van der Waals surface area contributed by atoms with Gasteiger partial charge in [0.25, 0.3) is 0 Å². The summed E-state index contributed by atoms with van der Waals surface area (Å²) in [6.45, 7) is 8.28. The van der Waals surface area contributed by atoms with Crippen LogP contribution in [-0.2, 0) is 4.79 Å². The Morgan fingerprint density at radius 1 is 1.17 bits per heavy atom. The molecule has 18 heavy (non-hydrogen) atoms. The largest absolute Gasteiger partial charge is 0.299 e. The summed E-state index contributed by atoms with van der Waals surface area (Å²) in [6.07, 6.45) is 13.0. The molecule has 0 aromatic heterocycles. The fourth-order valence-electron chi connectivity index (χ4n) is 2.39. The van der Waals surface area contributed by atoms with Crippen molar-refractivity contribution < 1.29 is 4.79 Å². The van der Waals surface area contributed by atoms with Gasteiger partial charge in [0.15, 0.2) is 0 Å². The van der Waals surface area contributed by atoms with E-state index in [2.05, 4.69) is 45.1 Å². The van der Waals surface area contributed by atoms with Crippen LogP contribution in [0.3, 0.4) is 0 Å². The minimum atomic E-state index is 0.111. The van der Waals surface area contributed by atoms with E-state index >= 15 is 0 Å². The van der Waals surface area contributed by atoms with E-state index in [4.69, 9.17) is 0 Å². The molecule has 0 fully saturated rings. The Hall–Kier alpha value is -1.11. The topological polar surface area (TPSA) is 17.1 Å². The predicted octanol–water partition coefficient (Wildman–Crippen LogP) is 4.85. The zero-order valence-electron chi connectivity index (χ0n) is 12.2. The lowest BCUT2D eigenvalue weighted by Gasteiger charge is -2.15. The summed E-state index contributed by atoms with van der Waals surface area (Å²) in [5, 5.41) is 0. The maximum Gasteiger partial charge on any atom is 0.136 e. The van der Waals surface area contributed by atoms with Crippen LogP contribution in [0.1, 0.15) is 53.4 Å². The third-order valence-electron chi connectivity index (χ3n) is 3.98. The van der Waals surface area contributed by atoms with Gasteiger partial charge < -0.3 is 0 Å². The number of hydrogen-bond donors (Lipinski definition) is 0. The first-order valence-electron chi connectivity index (χ1n) is 7.01. The van der Waals surface area contributed by atoms with E-state index in [1.54, 1.807) is 6.92 Å². The molecule has 0 bridgehead atoms. The van der Waals surface area contributed by atoms with Gasteiger partial charge in [-0.05, 0) is 52.4 Å². The van der Waals surface area contributed by atoms with Crippen LogP contribution in [0.25, 0.3) is 0 Å². The standard InChI is InChI=1S/C17H26O/c1-13-9-6-5-7-12-17(16(4)18)15(3)11-8-10-14(13)2/h5-6,10-11,13,17H,7-9,12H2,1-4H3. The van der Waals surface area contributed by atoms with Gasteiger partial charge in [-0.3, -0.25) is 4.79 Å². The molecule has 0 spiro atoms. The van der Waals surface area contributed by atoms with Gasteiger partial charge in [-0.15, -0.1) is 0 Å². The summed E-state index contributed by atoms with van der Waals surface area (Å²) < 4.78 is 0. The van der Waals surface area contributed by atoms with Crippen molar-refractivity contribution in [3.63, 3.8) is 0 Å². The van der Waals surface area contributed by atoms with Gasteiger partial charge in [-0.25, -0.2) is 0 Å². The molecule has 0 radical (unpaired) electrons. The Labute approximate surface area is 112 Å². The maximum absolute atomic E-state index is 11.7. The van der Waals surface area contributed by atoms with Crippen molar-refractivity contribution in [2.75, 3.05) is 0 Å². The Morgan fingerprint density at radius 2 is 1.83 bits per heavy atom. The molecule has 0 amide bonds. The molecule has 0 saturated carbocycles. The molecule has 100 valence electrons. The smallest absolute Gasteiger partial charge is 0.136 e. The van der Waals surface area contributed by atoms with E-state index in [9.17, 15) is 4.79 Å². The summed E-state index contributed by atoms with van der Waals surface area (Å²) in [5.41, 5.74) is 2.68. The molecule has 0 aliphatic heterocycles. The van der Waals surface area contributed by atoms with Crippen molar-refractivity contribution >= 4 is 5.78 Å². The lowest BCUT2D eigenvalue weighted by atomic mass is 9.89. The van der Waals surface area contributed by atoms with E-state index in [0.29, 0.717) is 11.7 Å². The molecule has 0 heterocycles. The van der Waals surface area contributed by atoms with Crippen LogP contribution in [-0.4, -0.2) is 5.78 Å². The molecule has 1 nitrogen and oxygen atoms in total. The lowest BCUT2D eigenvalue weighted by molar-refractivity contribution is -0.119. The molecule has 1 heteroatoms. The Kier molecular flexibility index (Phi) is 6.11. The summed E-state index contributed by atoms with van der Waals surface area (Å²) >= 11 is 0. The van der Waals surface area contributed by atoms with E-state index in [1.165, 1.54) is 11.1 Å². The highest BCUT2D eigenvalue weighted by atomic mass is 16.1. The first-order chi connectivity index (χ1) is 8.52. The second-order valence-electron chi connectivity index (χ2n) is 5.48. The molecular weight excluding hydrogens is 220 g/mol. The SMILES string of the molecule is CC(=O)C1CCC=CCC(C)C(C)=CCC=C1C. The quantitative estimate of drug-likeness (QED) is 0.604. The van der Waals surface area contributed by atoms with Crippen molar-refractivity contribution in [2.24, 2.45) is 11.8 Å². The summed E-state index contributed by atoms with van der Waals surface area (Å²) in [6, 6.07) is 0. The van der Waals surface area contributed by atoms with Crippen molar-refractivity contribution in [1.29, 1.82) is 0 Å². The average Bonchev–Trinajstić information content (AvgIpc) is 2.31. The zero-order valence-corrected chi connectivity index (χ0v) is 12.2. The second kappa shape index (κ2) is 7.35. The van der Waals surface area contributed by atoms with Crippen molar-refractivity contribution in [1.82, 2.24) is 0 Å². The van der Waals surface area contributed by atoms with Crippen LogP contribution in [0.5, 0.6) is 0 Å². The fraction of sp³-hybridized carbons (Fsp3) is 0.588. The third kappa shape index (κ3) is 4.64. The average molecular weight is 246 g/mol. The summed E-state index contributed by atoms with van der Waals surface area (Å²) in [7, 11) is 0. The molecular formula is C17H26O. The van der Waals surface area contributed by atoms with Crippen LogP contribution in [0.4, 0.5) is 0 Å². The van der Waals surface area contributed by atoms with Gasteiger partial charge >= 0.3 is 0 Å². The Morgan fingerprint density at radius 3 is 2.50 bits per heavy atom. The molecule has 1 rings (SSSR count). The normalized spacial score (nSPS) is 26.7. The van der Waals surface area contributed by atoms with E-state index in [-0.39, 0.29) is 5.92 Å². The Balaban J connectivity index is 2.88. The minimum Gasteiger partial charge on any atom is -0.299 e. The Bertz CT molecular complexity index is 371. The monoisotopic (exact) mass is 246 g/mol. The highest BCUT2D eigenvalue weighted by molar-refractivity contribution is 5.81. The van der Waals surface area contributed by atoms with Gasteiger partial charge in [0, 0.05) is 5.92 Å². The molecule has 0 N–H and O–H groups in total. The van der Waals surface area contributed by atoms with Crippen LogP contribution >= 0.6 is 0 Å². The van der Waals surface area contributed by atoms with E-state index in [0.717, 1.165) is 25.7 Å². The van der Waals surface area contributed by atoms with Gasteiger partial charge in [0.2, 0.25) is 0 Å². The number of carbonyl (C=O) groups is 1. The first kappa shape index (κ1) is 14.9. The maximum atomic E-state index is 11.7. The van der Waals surface area contributed by atoms with Crippen molar-refractivity contribution in [3.05, 3.63) is 35.5 Å².